The molecule has 2 atom stereocenters. The van der Waals surface area contributed by atoms with E-state index in [1.807, 2.05) is 0 Å². The van der Waals surface area contributed by atoms with Crippen LogP contribution in [0.15, 0.2) is 6.20 Å². The van der Waals surface area contributed by atoms with Crippen molar-refractivity contribution >= 4 is 40.2 Å². The van der Waals surface area contributed by atoms with Gasteiger partial charge in [0.1, 0.15) is 11.8 Å². The molecular weight excluding hydrogens is 319 g/mol. The Bertz CT molecular complexity index is 690. The van der Waals surface area contributed by atoms with Gasteiger partial charge in [-0.1, -0.05) is 11.6 Å². The molecule has 0 radical (unpaired) electrons. The number of carbonyl (C=O) groups excluding carboxylic acids is 1. The molecular formula is C12H12Cl2N4O3. The average Bonchev–Trinajstić information content (AvgIpc) is 3.02. The number of hydrogen-bond acceptors (Lipinski definition) is 6. The van der Waals surface area contributed by atoms with Crippen molar-refractivity contribution in [2.75, 3.05) is 6.61 Å². The van der Waals surface area contributed by atoms with E-state index in [4.69, 9.17) is 32.7 Å². The summed E-state index contributed by atoms with van der Waals surface area (Å²) in [6.07, 6.45) is 2.65. The molecule has 0 aliphatic carbocycles. The zero-order valence-corrected chi connectivity index (χ0v) is 12.6. The van der Waals surface area contributed by atoms with Crippen LogP contribution in [-0.2, 0) is 14.3 Å². The van der Waals surface area contributed by atoms with E-state index in [1.165, 1.54) is 6.92 Å². The zero-order valence-electron chi connectivity index (χ0n) is 11.1. The van der Waals surface area contributed by atoms with E-state index in [1.54, 1.807) is 10.9 Å². The fourth-order valence-electron chi connectivity index (χ4n) is 2.28. The molecule has 1 saturated heterocycles. The van der Waals surface area contributed by atoms with Crippen molar-refractivity contribution in [2.45, 2.75) is 32.1 Å². The van der Waals surface area contributed by atoms with E-state index in [9.17, 15) is 4.79 Å². The number of rotatable bonds is 3. The van der Waals surface area contributed by atoms with Crippen LogP contribution in [0.4, 0.5) is 0 Å². The van der Waals surface area contributed by atoms with Crippen LogP contribution in [-0.4, -0.2) is 38.4 Å². The third kappa shape index (κ3) is 2.95. The number of esters is 1. The maximum atomic E-state index is 10.8. The van der Waals surface area contributed by atoms with Crippen LogP contribution in [0.1, 0.15) is 26.0 Å². The first-order valence-corrected chi connectivity index (χ1v) is 7.15. The van der Waals surface area contributed by atoms with Gasteiger partial charge in [0, 0.05) is 6.92 Å². The summed E-state index contributed by atoms with van der Waals surface area (Å²) in [5.74, 6) is -0.321. The molecule has 1 unspecified atom stereocenters. The molecule has 2 aromatic heterocycles. The molecule has 1 aliphatic rings. The highest BCUT2D eigenvalue weighted by molar-refractivity contribution is 6.35. The molecule has 1 aliphatic heterocycles. The molecule has 0 N–H and O–H groups in total. The normalized spacial score (nSPS) is 21.9. The lowest BCUT2D eigenvalue weighted by Gasteiger charge is -2.14. The van der Waals surface area contributed by atoms with E-state index in [-0.39, 0.29) is 35.3 Å². The summed E-state index contributed by atoms with van der Waals surface area (Å²) < 4.78 is 12.4. The van der Waals surface area contributed by atoms with Gasteiger partial charge in [0.15, 0.2) is 11.9 Å². The van der Waals surface area contributed by atoms with Gasteiger partial charge in [-0.15, -0.1) is 0 Å². The van der Waals surface area contributed by atoms with Gasteiger partial charge in [-0.3, -0.25) is 4.79 Å². The Morgan fingerprint density at radius 1 is 1.48 bits per heavy atom. The second-order valence-electron chi connectivity index (χ2n) is 4.70. The fraction of sp³-hybridized carbons (Fsp3) is 0.500. The minimum absolute atomic E-state index is 0.0590. The van der Waals surface area contributed by atoms with Crippen LogP contribution < -0.4 is 0 Å². The fourth-order valence-corrected chi connectivity index (χ4v) is 2.70. The van der Waals surface area contributed by atoms with Gasteiger partial charge in [-0.2, -0.15) is 10.1 Å². The summed E-state index contributed by atoms with van der Waals surface area (Å²) >= 11 is 11.8. The van der Waals surface area contributed by atoms with Crippen molar-refractivity contribution in [1.82, 2.24) is 19.7 Å². The van der Waals surface area contributed by atoms with Crippen LogP contribution in [0.2, 0.25) is 10.4 Å². The highest BCUT2D eigenvalue weighted by atomic mass is 35.5. The Kier molecular flexibility index (Phi) is 3.97. The number of ether oxygens (including phenoxy) is 2. The summed E-state index contributed by atoms with van der Waals surface area (Å²) in [5, 5.41) is 5.18. The lowest BCUT2D eigenvalue weighted by Crippen LogP contribution is -2.18. The molecule has 0 bridgehead atoms. The van der Waals surface area contributed by atoms with E-state index in [0.717, 1.165) is 12.8 Å². The molecule has 9 heteroatoms. The van der Waals surface area contributed by atoms with Crippen molar-refractivity contribution in [2.24, 2.45) is 0 Å². The molecule has 7 nitrogen and oxygen atoms in total. The van der Waals surface area contributed by atoms with E-state index >= 15 is 0 Å². The topological polar surface area (TPSA) is 79.1 Å². The molecule has 0 saturated carbocycles. The number of carbonyl (C=O) groups is 1. The third-order valence-electron chi connectivity index (χ3n) is 3.21. The van der Waals surface area contributed by atoms with Crippen molar-refractivity contribution in [3.8, 4) is 0 Å². The van der Waals surface area contributed by atoms with Crippen LogP contribution in [0.3, 0.4) is 0 Å². The lowest BCUT2D eigenvalue weighted by atomic mass is 10.2. The first kappa shape index (κ1) is 14.5. The maximum absolute atomic E-state index is 10.8. The number of hydrogen-bond donors (Lipinski definition) is 0. The largest absolute Gasteiger partial charge is 0.463 e. The Morgan fingerprint density at radius 3 is 3.05 bits per heavy atom. The van der Waals surface area contributed by atoms with Gasteiger partial charge in [0.25, 0.3) is 0 Å². The van der Waals surface area contributed by atoms with Crippen molar-refractivity contribution in [3.63, 3.8) is 0 Å². The van der Waals surface area contributed by atoms with Gasteiger partial charge >= 0.3 is 5.97 Å². The van der Waals surface area contributed by atoms with E-state index in [2.05, 4.69) is 15.1 Å². The summed E-state index contributed by atoms with van der Waals surface area (Å²) in [6.45, 7) is 1.61. The Labute approximate surface area is 130 Å². The summed E-state index contributed by atoms with van der Waals surface area (Å²) in [4.78, 5) is 18.8. The Hall–Kier alpha value is -1.44. The smallest absolute Gasteiger partial charge is 0.302 e. The Morgan fingerprint density at radius 2 is 2.29 bits per heavy atom. The molecule has 1 fully saturated rings. The van der Waals surface area contributed by atoms with Gasteiger partial charge in [-0.25, -0.2) is 9.67 Å². The first-order valence-electron chi connectivity index (χ1n) is 6.39. The van der Waals surface area contributed by atoms with Crippen LogP contribution in [0.25, 0.3) is 11.0 Å². The minimum atomic E-state index is -0.321. The van der Waals surface area contributed by atoms with Crippen molar-refractivity contribution < 1.29 is 14.3 Å². The lowest BCUT2D eigenvalue weighted by molar-refractivity contribution is -0.145. The van der Waals surface area contributed by atoms with Gasteiger partial charge in [0.05, 0.1) is 17.7 Å². The number of nitrogens with zero attached hydrogens (tertiary/aromatic N) is 4. The first-order chi connectivity index (χ1) is 10.0. The van der Waals surface area contributed by atoms with Gasteiger partial charge < -0.3 is 9.47 Å². The summed E-state index contributed by atoms with van der Waals surface area (Å²) in [5.41, 5.74) is 0.526. The number of aromatic nitrogens is 4. The van der Waals surface area contributed by atoms with Crippen molar-refractivity contribution in [3.05, 3.63) is 16.6 Å². The second kappa shape index (κ2) is 5.75. The molecule has 21 heavy (non-hydrogen) atoms. The molecule has 2 aromatic rings. The molecule has 0 amide bonds. The van der Waals surface area contributed by atoms with Crippen LogP contribution >= 0.6 is 23.2 Å². The molecule has 0 aromatic carbocycles. The highest BCUT2D eigenvalue weighted by Gasteiger charge is 2.29. The SMILES string of the molecule is CC(=O)OCC1CC[C@H](n2ncc3c(Cl)nc(Cl)nc32)O1. The average molecular weight is 331 g/mol. The van der Waals surface area contributed by atoms with Gasteiger partial charge in [-0.05, 0) is 24.4 Å². The standard InChI is InChI=1S/C12H12Cl2N4O3/c1-6(19)20-5-7-2-3-9(21-7)18-11-8(4-15-18)10(13)16-12(14)17-11/h4,7,9H,2-3,5H2,1H3/t7?,9-/m1/s1. The van der Waals surface area contributed by atoms with Gasteiger partial charge in [0.2, 0.25) is 5.28 Å². The molecule has 3 rings (SSSR count). The maximum Gasteiger partial charge on any atom is 0.302 e. The number of halogens is 2. The third-order valence-corrected chi connectivity index (χ3v) is 3.67. The van der Waals surface area contributed by atoms with E-state index < -0.39 is 0 Å². The predicted octanol–water partition coefficient (Wildman–Crippen LogP) is 2.37. The predicted molar refractivity (Wildman–Crippen MR) is 75.1 cm³/mol. The number of fused-ring (bicyclic) bond motifs is 1. The Balaban J connectivity index is 1.81. The van der Waals surface area contributed by atoms with Crippen LogP contribution in [0.5, 0.6) is 0 Å². The summed E-state index contributed by atoms with van der Waals surface area (Å²) in [6, 6.07) is 0. The highest BCUT2D eigenvalue weighted by Crippen LogP contribution is 2.31. The monoisotopic (exact) mass is 330 g/mol. The van der Waals surface area contributed by atoms with E-state index in [0.29, 0.717) is 11.0 Å². The molecule has 3 heterocycles. The molecule has 112 valence electrons. The quantitative estimate of drug-likeness (QED) is 0.488. The second-order valence-corrected chi connectivity index (χ2v) is 5.40. The zero-order chi connectivity index (χ0) is 15.0. The van der Waals surface area contributed by atoms with Crippen LogP contribution in [0, 0.1) is 0 Å². The summed E-state index contributed by atoms with van der Waals surface area (Å²) in [7, 11) is 0. The van der Waals surface area contributed by atoms with Crippen molar-refractivity contribution in [1.29, 1.82) is 0 Å². The molecule has 0 spiro atoms. The minimum Gasteiger partial charge on any atom is -0.463 e.